The first-order valence-corrected chi connectivity index (χ1v) is 6.69. The van der Waals surface area contributed by atoms with Gasteiger partial charge < -0.3 is 10.4 Å². The molecule has 17 heavy (non-hydrogen) atoms. The monoisotopic (exact) mass is 239 g/mol. The first kappa shape index (κ1) is 12.4. The normalized spacial score (nSPS) is 31.6. The van der Waals surface area contributed by atoms with Crippen molar-refractivity contribution in [3.05, 3.63) is 0 Å². The predicted octanol–water partition coefficient (Wildman–Crippen LogP) is 1.94. The Kier molecular flexibility index (Phi) is 4.02. The fraction of sp³-hybridized carbons (Fsp3) is 0.846. The van der Waals surface area contributed by atoms with Crippen LogP contribution in [0, 0.1) is 11.8 Å². The Bertz CT molecular complexity index is 297. The highest BCUT2D eigenvalue weighted by Gasteiger charge is 2.32. The number of hydrogen-bond donors (Lipinski definition) is 2. The van der Waals surface area contributed by atoms with Crippen LogP contribution in [0.1, 0.15) is 51.4 Å². The minimum Gasteiger partial charge on any atom is -0.480 e. The van der Waals surface area contributed by atoms with E-state index in [4.69, 9.17) is 5.11 Å². The van der Waals surface area contributed by atoms with Crippen LogP contribution in [0.2, 0.25) is 0 Å². The number of rotatable bonds is 2. The van der Waals surface area contributed by atoms with E-state index in [0.717, 1.165) is 6.42 Å². The van der Waals surface area contributed by atoms with E-state index in [1.165, 1.54) is 32.1 Å². The van der Waals surface area contributed by atoms with Gasteiger partial charge in [-0.05, 0) is 24.7 Å². The molecule has 0 aromatic carbocycles. The summed E-state index contributed by atoms with van der Waals surface area (Å²) in [6, 6.07) is -0.670. The van der Waals surface area contributed by atoms with Crippen LogP contribution in [0.15, 0.2) is 0 Å². The van der Waals surface area contributed by atoms with Gasteiger partial charge in [0.2, 0.25) is 5.91 Å². The van der Waals surface area contributed by atoms with Crippen molar-refractivity contribution in [3.63, 3.8) is 0 Å². The van der Waals surface area contributed by atoms with E-state index >= 15 is 0 Å². The Morgan fingerprint density at radius 3 is 2.47 bits per heavy atom. The number of nitrogens with one attached hydrogen (secondary N) is 1. The van der Waals surface area contributed by atoms with Crippen molar-refractivity contribution >= 4 is 11.9 Å². The second kappa shape index (κ2) is 5.52. The van der Waals surface area contributed by atoms with Crippen LogP contribution in [-0.4, -0.2) is 23.0 Å². The lowest BCUT2D eigenvalue weighted by molar-refractivity contribution is -0.141. The van der Waals surface area contributed by atoms with E-state index in [-0.39, 0.29) is 5.91 Å². The maximum Gasteiger partial charge on any atom is 0.326 e. The third-order valence-corrected chi connectivity index (χ3v) is 4.23. The molecule has 2 rings (SSSR count). The molecule has 1 aliphatic carbocycles. The largest absolute Gasteiger partial charge is 0.480 e. The molecule has 2 aliphatic rings. The molecule has 4 heteroatoms. The Labute approximate surface area is 102 Å². The molecule has 0 radical (unpaired) electrons. The van der Waals surface area contributed by atoms with Gasteiger partial charge in [0.05, 0.1) is 0 Å². The van der Waals surface area contributed by atoms with Crippen LogP contribution in [0.3, 0.4) is 0 Å². The Morgan fingerprint density at radius 2 is 1.82 bits per heavy atom. The van der Waals surface area contributed by atoms with E-state index in [1.807, 2.05) is 0 Å². The average molecular weight is 239 g/mol. The van der Waals surface area contributed by atoms with Crippen molar-refractivity contribution in [1.82, 2.24) is 5.32 Å². The first-order chi connectivity index (χ1) is 8.16. The molecule has 2 fully saturated rings. The molecule has 0 bridgehead atoms. The lowest BCUT2D eigenvalue weighted by Crippen LogP contribution is -2.40. The summed E-state index contributed by atoms with van der Waals surface area (Å²) in [6.45, 7) is 0. The summed E-state index contributed by atoms with van der Waals surface area (Å²) in [7, 11) is 0. The Morgan fingerprint density at radius 1 is 1.12 bits per heavy atom. The van der Waals surface area contributed by atoms with Crippen molar-refractivity contribution in [2.75, 3.05) is 0 Å². The van der Waals surface area contributed by atoms with Crippen molar-refractivity contribution in [2.45, 2.75) is 57.4 Å². The van der Waals surface area contributed by atoms with Crippen LogP contribution >= 0.6 is 0 Å². The highest BCUT2D eigenvalue weighted by atomic mass is 16.4. The smallest absolute Gasteiger partial charge is 0.326 e. The molecule has 1 saturated carbocycles. The molecule has 1 aliphatic heterocycles. The Balaban J connectivity index is 2.00. The van der Waals surface area contributed by atoms with Crippen molar-refractivity contribution < 1.29 is 14.7 Å². The van der Waals surface area contributed by atoms with Gasteiger partial charge in [-0.25, -0.2) is 4.79 Å². The highest BCUT2D eigenvalue weighted by Crippen LogP contribution is 2.35. The molecule has 96 valence electrons. The van der Waals surface area contributed by atoms with Crippen LogP contribution in [0.5, 0.6) is 0 Å². The number of carbonyl (C=O) groups excluding carboxylic acids is 1. The molecule has 2 N–H and O–H groups in total. The molecule has 1 saturated heterocycles. The summed E-state index contributed by atoms with van der Waals surface area (Å²) in [5, 5.41) is 11.7. The predicted molar refractivity (Wildman–Crippen MR) is 63.5 cm³/mol. The maximum absolute atomic E-state index is 11.5. The number of aliphatic carboxylic acids is 1. The van der Waals surface area contributed by atoms with E-state index < -0.39 is 12.0 Å². The molecule has 2 atom stereocenters. The molecular formula is C13H21NO3. The Hall–Kier alpha value is -1.06. The molecular weight excluding hydrogens is 218 g/mol. The fourth-order valence-electron chi connectivity index (χ4n) is 3.26. The third-order valence-electron chi connectivity index (χ3n) is 4.23. The molecule has 0 spiro atoms. The van der Waals surface area contributed by atoms with Gasteiger partial charge >= 0.3 is 5.97 Å². The zero-order valence-corrected chi connectivity index (χ0v) is 10.2. The zero-order valence-electron chi connectivity index (χ0n) is 10.2. The van der Waals surface area contributed by atoms with E-state index in [9.17, 15) is 9.59 Å². The van der Waals surface area contributed by atoms with E-state index in [2.05, 4.69) is 5.32 Å². The minimum absolute atomic E-state index is 0.101. The first-order valence-electron chi connectivity index (χ1n) is 6.69. The molecule has 1 heterocycles. The summed E-state index contributed by atoms with van der Waals surface area (Å²) in [5.74, 6) is 0.0606. The second-order valence-electron chi connectivity index (χ2n) is 5.39. The zero-order chi connectivity index (χ0) is 12.3. The maximum atomic E-state index is 11.5. The van der Waals surface area contributed by atoms with Gasteiger partial charge in [-0.1, -0.05) is 32.1 Å². The average Bonchev–Trinajstić information content (AvgIpc) is 2.52. The number of amides is 1. The van der Waals surface area contributed by atoms with Gasteiger partial charge in [0.15, 0.2) is 0 Å². The number of carboxylic acid groups (broad SMARTS) is 1. The standard InChI is InChI=1S/C13H21NO3/c15-12-7-6-10(8-11(14-12)13(16)17)9-4-2-1-3-5-9/h9-11H,1-8H2,(H,14,15)(H,16,17). The molecule has 2 unspecified atom stereocenters. The van der Waals surface area contributed by atoms with Gasteiger partial charge in [0, 0.05) is 6.42 Å². The van der Waals surface area contributed by atoms with Crippen molar-refractivity contribution in [3.8, 4) is 0 Å². The lowest BCUT2D eigenvalue weighted by atomic mass is 9.76. The van der Waals surface area contributed by atoms with Gasteiger partial charge in [-0.3, -0.25) is 4.79 Å². The fourth-order valence-corrected chi connectivity index (χ4v) is 3.26. The molecule has 0 aromatic heterocycles. The summed E-state index contributed by atoms with van der Waals surface area (Å²) >= 11 is 0. The van der Waals surface area contributed by atoms with Gasteiger partial charge in [-0.15, -0.1) is 0 Å². The van der Waals surface area contributed by atoms with Crippen LogP contribution in [-0.2, 0) is 9.59 Å². The van der Waals surface area contributed by atoms with Gasteiger partial charge in [0.1, 0.15) is 6.04 Å². The lowest BCUT2D eigenvalue weighted by Gasteiger charge is -2.30. The number of hydrogen-bond acceptors (Lipinski definition) is 2. The molecule has 4 nitrogen and oxygen atoms in total. The molecule has 0 aromatic rings. The quantitative estimate of drug-likeness (QED) is 0.773. The topological polar surface area (TPSA) is 66.4 Å². The number of carbonyl (C=O) groups is 2. The van der Waals surface area contributed by atoms with Gasteiger partial charge in [-0.2, -0.15) is 0 Å². The summed E-state index contributed by atoms with van der Waals surface area (Å²) in [6.07, 6.45) is 8.23. The molecule has 1 amide bonds. The highest BCUT2D eigenvalue weighted by molar-refractivity contribution is 5.83. The number of carboxylic acids is 1. The second-order valence-corrected chi connectivity index (χ2v) is 5.39. The third kappa shape index (κ3) is 3.20. The SMILES string of the molecule is O=C1CCC(C2CCCCC2)CC(C(=O)O)N1. The summed E-state index contributed by atoms with van der Waals surface area (Å²) < 4.78 is 0. The summed E-state index contributed by atoms with van der Waals surface area (Å²) in [5.41, 5.74) is 0. The minimum atomic E-state index is -0.888. The van der Waals surface area contributed by atoms with Crippen molar-refractivity contribution in [1.29, 1.82) is 0 Å². The van der Waals surface area contributed by atoms with Crippen LogP contribution < -0.4 is 5.32 Å². The van der Waals surface area contributed by atoms with Crippen molar-refractivity contribution in [2.24, 2.45) is 11.8 Å². The summed E-state index contributed by atoms with van der Waals surface area (Å²) in [4.78, 5) is 22.5. The van der Waals surface area contributed by atoms with Gasteiger partial charge in [0.25, 0.3) is 0 Å². The van der Waals surface area contributed by atoms with Crippen LogP contribution in [0.4, 0.5) is 0 Å². The van der Waals surface area contributed by atoms with E-state index in [0.29, 0.717) is 24.7 Å². The van der Waals surface area contributed by atoms with E-state index in [1.54, 1.807) is 0 Å². The van der Waals surface area contributed by atoms with Crippen LogP contribution in [0.25, 0.3) is 0 Å².